The van der Waals surface area contributed by atoms with Gasteiger partial charge in [-0.3, -0.25) is 9.36 Å². The van der Waals surface area contributed by atoms with Crippen LogP contribution in [0, 0.1) is 6.92 Å². The lowest BCUT2D eigenvalue weighted by Gasteiger charge is -2.08. The van der Waals surface area contributed by atoms with E-state index in [1.807, 2.05) is 67.6 Å². The van der Waals surface area contributed by atoms with Gasteiger partial charge in [0.25, 0.3) is 5.56 Å². The fourth-order valence-electron chi connectivity index (χ4n) is 2.73. The van der Waals surface area contributed by atoms with Crippen molar-refractivity contribution in [3.05, 3.63) is 99.2 Å². The highest BCUT2D eigenvalue weighted by Gasteiger charge is 2.08. The Morgan fingerprint density at radius 3 is 2.54 bits per heavy atom. The lowest BCUT2D eigenvalue weighted by atomic mass is 10.2. The molecule has 0 unspecified atom stereocenters. The van der Waals surface area contributed by atoms with Gasteiger partial charge in [-0.05, 0) is 36.8 Å². The van der Waals surface area contributed by atoms with Crippen molar-refractivity contribution in [2.45, 2.75) is 13.5 Å². The molecule has 2 aromatic carbocycles. The van der Waals surface area contributed by atoms with Gasteiger partial charge in [0.05, 0.1) is 17.6 Å². The maximum absolute atomic E-state index is 13.1. The van der Waals surface area contributed by atoms with Gasteiger partial charge in [0.15, 0.2) is 4.80 Å². The predicted molar refractivity (Wildman–Crippen MR) is 106 cm³/mol. The minimum Gasteiger partial charge on any atom is -0.279 e. The van der Waals surface area contributed by atoms with Crippen molar-refractivity contribution in [1.29, 1.82) is 0 Å². The van der Waals surface area contributed by atoms with Crippen LogP contribution in [-0.4, -0.2) is 9.55 Å². The molecule has 0 atom stereocenters. The minimum absolute atomic E-state index is 0.0680. The zero-order valence-electron chi connectivity index (χ0n) is 14.3. The van der Waals surface area contributed by atoms with Crippen molar-refractivity contribution in [3.8, 4) is 0 Å². The largest absolute Gasteiger partial charge is 0.279 e. The maximum atomic E-state index is 13.1. The molecule has 0 spiro atoms. The summed E-state index contributed by atoms with van der Waals surface area (Å²) in [5, 5.41) is 0.622. The third-order valence-electron chi connectivity index (χ3n) is 4.11. The Morgan fingerprint density at radius 2 is 1.77 bits per heavy atom. The van der Waals surface area contributed by atoms with Crippen LogP contribution in [0.3, 0.4) is 0 Å². The highest BCUT2D eigenvalue weighted by Crippen LogP contribution is 2.14. The molecular weight excluding hydrogens is 342 g/mol. The summed E-state index contributed by atoms with van der Waals surface area (Å²) >= 11 is 1.43. The third-order valence-corrected chi connectivity index (χ3v) is 5.12. The van der Waals surface area contributed by atoms with E-state index in [0.29, 0.717) is 21.6 Å². The maximum Gasteiger partial charge on any atom is 0.263 e. The fraction of sp³-hybridized carbons (Fsp3) is 0.0952. The molecule has 4 nitrogen and oxygen atoms in total. The number of hydrogen-bond acceptors (Lipinski definition) is 4. The number of aryl methyl sites for hydroxylation is 1. The molecule has 0 aliphatic rings. The number of fused-ring (bicyclic) bond motifs is 1. The molecule has 26 heavy (non-hydrogen) atoms. The van der Waals surface area contributed by atoms with E-state index in [9.17, 15) is 4.79 Å². The van der Waals surface area contributed by atoms with E-state index in [-0.39, 0.29) is 5.56 Å². The summed E-state index contributed by atoms with van der Waals surface area (Å²) in [6, 6.07) is 21.5. The summed E-state index contributed by atoms with van der Waals surface area (Å²) < 4.78 is 1.73. The molecule has 2 aromatic heterocycles. The standard InChI is InChI=1S/C21H17N3OS/c1-15-9-11-17(12-10-15)23-21-24(14-16-6-3-2-4-7-16)20(25)18-8-5-13-22-19(18)26-21/h2-13H,14H2,1H3. The first kappa shape index (κ1) is 16.4. The van der Waals surface area contributed by atoms with Crippen LogP contribution in [0.4, 0.5) is 5.69 Å². The first-order chi connectivity index (χ1) is 12.7. The summed E-state index contributed by atoms with van der Waals surface area (Å²) in [4.78, 5) is 23.5. The Morgan fingerprint density at radius 1 is 1.00 bits per heavy atom. The molecular formula is C21H17N3OS. The van der Waals surface area contributed by atoms with E-state index in [4.69, 9.17) is 4.99 Å². The summed E-state index contributed by atoms with van der Waals surface area (Å²) in [6.07, 6.45) is 1.70. The van der Waals surface area contributed by atoms with Gasteiger partial charge >= 0.3 is 0 Å². The van der Waals surface area contributed by atoms with Crippen molar-refractivity contribution >= 4 is 27.2 Å². The van der Waals surface area contributed by atoms with Crippen LogP contribution in [0.1, 0.15) is 11.1 Å². The topological polar surface area (TPSA) is 47.2 Å². The summed E-state index contributed by atoms with van der Waals surface area (Å²) in [5.74, 6) is 0. The van der Waals surface area contributed by atoms with E-state index >= 15 is 0 Å². The van der Waals surface area contributed by atoms with Crippen LogP contribution in [0.2, 0.25) is 0 Å². The number of hydrogen-bond donors (Lipinski definition) is 0. The quantitative estimate of drug-likeness (QED) is 0.554. The Hall–Kier alpha value is -3.05. The molecule has 0 saturated carbocycles. The van der Waals surface area contributed by atoms with Crippen molar-refractivity contribution in [2.75, 3.05) is 0 Å². The van der Waals surface area contributed by atoms with E-state index in [0.717, 1.165) is 11.3 Å². The van der Waals surface area contributed by atoms with Crippen LogP contribution in [0.25, 0.3) is 10.2 Å². The molecule has 128 valence electrons. The van der Waals surface area contributed by atoms with Gasteiger partial charge in [0, 0.05) is 6.20 Å². The zero-order chi connectivity index (χ0) is 17.9. The number of aromatic nitrogens is 2. The SMILES string of the molecule is Cc1ccc(N=c2sc3ncccc3c(=O)n2Cc2ccccc2)cc1. The molecule has 0 aliphatic carbocycles. The molecule has 0 aliphatic heterocycles. The molecule has 0 N–H and O–H groups in total. The Balaban J connectivity index is 1.96. The molecule has 0 saturated heterocycles. The van der Waals surface area contributed by atoms with Gasteiger partial charge in [0.2, 0.25) is 0 Å². The molecule has 0 bridgehead atoms. The minimum atomic E-state index is -0.0680. The van der Waals surface area contributed by atoms with Gasteiger partial charge in [-0.25, -0.2) is 9.98 Å². The lowest BCUT2D eigenvalue weighted by molar-refractivity contribution is 0.739. The average molecular weight is 359 g/mol. The first-order valence-corrected chi connectivity index (χ1v) is 9.16. The van der Waals surface area contributed by atoms with E-state index in [1.165, 1.54) is 16.9 Å². The van der Waals surface area contributed by atoms with Crippen molar-refractivity contribution in [2.24, 2.45) is 4.99 Å². The van der Waals surface area contributed by atoms with Crippen LogP contribution in [-0.2, 0) is 6.54 Å². The molecule has 2 heterocycles. The summed E-state index contributed by atoms with van der Waals surface area (Å²) in [5.41, 5.74) is 2.99. The van der Waals surface area contributed by atoms with E-state index in [1.54, 1.807) is 16.8 Å². The van der Waals surface area contributed by atoms with Gasteiger partial charge in [-0.1, -0.05) is 59.4 Å². The van der Waals surface area contributed by atoms with Crippen molar-refractivity contribution < 1.29 is 0 Å². The van der Waals surface area contributed by atoms with E-state index < -0.39 is 0 Å². The predicted octanol–water partition coefficient (Wildman–Crippen LogP) is 4.05. The number of nitrogens with zero attached hydrogens (tertiary/aromatic N) is 3. The third kappa shape index (κ3) is 3.34. The number of pyridine rings is 1. The van der Waals surface area contributed by atoms with Crippen molar-refractivity contribution in [1.82, 2.24) is 9.55 Å². The molecule has 0 radical (unpaired) electrons. The smallest absolute Gasteiger partial charge is 0.263 e. The second-order valence-corrected chi connectivity index (χ2v) is 7.02. The average Bonchev–Trinajstić information content (AvgIpc) is 2.67. The van der Waals surface area contributed by atoms with Crippen LogP contribution in [0.5, 0.6) is 0 Å². The normalized spacial score (nSPS) is 11.8. The van der Waals surface area contributed by atoms with Gasteiger partial charge in [0.1, 0.15) is 4.83 Å². The first-order valence-electron chi connectivity index (χ1n) is 8.35. The molecule has 0 amide bonds. The lowest BCUT2D eigenvalue weighted by Crippen LogP contribution is -2.32. The molecule has 4 rings (SSSR count). The summed E-state index contributed by atoms with van der Waals surface area (Å²) in [7, 11) is 0. The fourth-order valence-corrected chi connectivity index (χ4v) is 3.69. The molecule has 0 fully saturated rings. The Labute approximate surface area is 154 Å². The number of rotatable bonds is 3. The van der Waals surface area contributed by atoms with Gasteiger partial charge in [-0.2, -0.15) is 0 Å². The second kappa shape index (κ2) is 7.06. The van der Waals surface area contributed by atoms with Crippen LogP contribution in [0.15, 0.2) is 82.7 Å². The summed E-state index contributed by atoms with van der Waals surface area (Å²) in [6.45, 7) is 2.52. The van der Waals surface area contributed by atoms with Gasteiger partial charge < -0.3 is 0 Å². The molecule has 5 heteroatoms. The van der Waals surface area contributed by atoms with Crippen LogP contribution >= 0.6 is 11.3 Å². The highest BCUT2D eigenvalue weighted by molar-refractivity contribution is 7.15. The molecule has 4 aromatic rings. The van der Waals surface area contributed by atoms with Gasteiger partial charge in [-0.15, -0.1) is 0 Å². The van der Waals surface area contributed by atoms with E-state index in [2.05, 4.69) is 4.98 Å². The number of benzene rings is 2. The van der Waals surface area contributed by atoms with Crippen LogP contribution < -0.4 is 10.4 Å². The van der Waals surface area contributed by atoms with Crippen molar-refractivity contribution in [3.63, 3.8) is 0 Å². The zero-order valence-corrected chi connectivity index (χ0v) is 15.1. The second-order valence-electron chi connectivity index (χ2n) is 6.07. The monoisotopic (exact) mass is 359 g/mol. The Bertz CT molecular complexity index is 1180. The highest BCUT2D eigenvalue weighted by atomic mass is 32.1. The Kier molecular flexibility index (Phi) is 4.46.